The zero-order chi connectivity index (χ0) is 13.2. The number of carbonyl (C=O) groups excluding carboxylic acids is 1. The number of esters is 1. The van der Waals surface area contributed by atoms with Crippen LogP contribution in [0.1, 0.15) is 21.5 Å². The summed E-state index contributed by atoms with van der Waals surface area (Å²) in [6.07, 6.45) is 0. The average molecular weight is 254 g/mol. The van der Waals surface area contributed by atoms with E-state index < -0.39 is 16.0 Å². The van der Waals surface area contributed by atoms with Crippen LogP contribution in [0.3, 0.4) is 0 Å². The number of nitrogens with two attached hydrogens (primary N) is 1. The lowest BCUT2D eigenvalue weighted by molar-refractivity contribution is 0.0600. The molecule has 0 bridgehead atoms. The van der Waals surface area contributed by atoms with Crippen molar-refractivity contribution in [2.45, 2.75) is 11.8 Å². The maximum absolute atomic E-state index is 11.4. The van der Waals surface area contributed by atoms with Crippen molar-refractivity contribution in [1.82, 2.24) is 0 Å². The van der Waals surface area contributed by atoms with Gasteiger partial charge in [0.1, 0.15) is 11.0 Å². The van der Waals surface area contributed by atoms with Crippen LogP contribution in [-0.2, 0) is 14.8 Å². The maximum atomic E-state index is 11.4. The smallest absolute Gasteiger partial charge is 0.339 e. The van der Waals surface area contributed by atoms with Gasteiger partial charge in [0.2, 0.25) is 10.0 Å². The summed E-state index contributed by atoms with van der Waals surface area (Å²) < 4.78 is 27.2. The molecule has 90 valence electrons. The quantitative estimate of drug-likeness (QED) is 0.763. The van der Waals surface area contributed by atoms with Crippen LogP contribution >= 0.6 is 0 Å². The molecule has 17 heavy (non-hydrogen) atoms. The Morgan fingerprint density at radius 2 is 2.06 bits per heavy atom. The molecule has 0 amide bonds. The average Bonchev–Trinajstić information content (AvgIpc) is 2.25. The zero-order valence-corrected chi connectivity index (χ0v) is 10.0. The van der Waals surface area contributed by atoms with E-state index in [1.54, 1.807) is 6.07 Å². The molecule has 0 radical (unpaired) electrons. The molecule has 0 saturated carbocycles. The molecule has 6 nitrogen and oxygen atoms in total. The first-order valence-corrected chi connectivity index (χ1v) is 6.02. The van der Waals surface area contributed by atoms with Gasteiger partial charge >= 0.3 is 5.97 Å². The minimum absolute atomic E-state index is 0.121. The number of ether oxygens (including phenoxy) is 1. The minimum atomic E-state index is -4.07. The summed E-state index contributed by atoms with van der Waals surface area (Å²) in [5, 5.41) is 14.0. The molecule has 0 aliphatic rings. The van der Waals surface area contributed by atoms with Crippen molar-refractivity contribution >= 4 is 16.0 Å². The molecule has 1 rings (SSSR count). The highest BCUT2D eigenvalue weighted by Gasteiger charge is 2.23. The third-order valence-electron chi connectivity index (χ3n) is 2.16. The molecule has 1 aromatic rings. The number of rotatable bonds is 2. The Kier molecular flexibility index (Phi) is 3.50. The van der Waals surface area contributed by atoms with Gasteiger partial charge < -0.3 is 4.74 Å². The molecule has 0 heterocycles. The van der Waals surface area contributed by atoms with Crippen molar-refractivity contribution in [3.63, 3.8) is 0 Å². The number of nitriles is 1. The molecule has 0 spiro atoms. The Bertz CT molecular complexity index is 614. The molecular formula is C10H10N2O4S. The number of benzene rings is 1. The standard InChI is InChI=1S/C10H10N2O4S/c1-6-3-4-7(10(13)16-2)8(5-11)9(6)17(12,14)15/h3-4H,1-2H3,(H2,12,14,15). The molecule has 1 aromatic carbocycles. The molecule has 0 unspecified atom stereocenters. The summed E-state index contributed by atoms with van der Waals surface area (Å²) in [6, 6.07) is 4.39. The molecule has 2 N–H and O–H groups in total. The molecule has 0 aromatic heterocycles. The Hall–Kier alpha value is -1.91. The Labute approximate surface area is 98.7 Å². The highest BCUT2D eigenvalue weighted by atomic mass is 32.2. The summed E-state index contributed by atoms with van der Waals surface area (Å²) in [7, 11) is -2.93. The topological polar surface area (TPSA) is 110 Å². The van der Waals surface area contributed by atoms with Gasteiger partial charge in [0.05, 0.1) is 18.2 Å². The van der Waals surface area contributed by atoms with E-state index in [9.17, 15) is 13.2 Å². The second-order valence-corrected chi connectivity index (χ2v) is 4.78. The number of sulfonamides is 1. The van der Waals surface area contributed by atoms with E-state index in [0.717, 1.165) is 7.11 Å². The number of aryl methyl sites for hydroxylation is 1. The predicted octanol–water partition coefficient (Wildman–Crippen LogP) is 0.301. The van der Waals surface area contributed by atoms with Crippen molar-refractivity contribution in [2.75, 3.05) is 7.11 Å². The Morgan fingerprint density at radius 1 is 1.47 bits per heavy atom. The van der Waals surface area contributed by atoms with Crippen LogP contribution in [0.4, 0.5) is 0 Å². The number of methoxy groups -OCH3 is 1. The second kappa shape index (κ2) is 4.53. The van der Waals surface area contributed by atoms with E-state index in [1.165, 1.54) is 19.1 Å². The normalized spacial score (nSPS) is 10.7. The first-order chi connectivity index (χ1) is 7.82. The third kappa shape index (κ3) is 2.43. The Balaban J connectivity index is 3.73. The van der Waals surface area contributed by atoms with Crippen molar-refractivity contribution in [2.24, 2.45) is 5.14 Å². The lowest BCUT2D eigenvalue weighted by Crippen LogP contribution is -2.18. The van der Waals surface area contributed by atoms with Gasteiger partial charge in [-0.2, -0.15) is 5.26 Å². The van der Waals surface area contributed by atoms with E-state index in [4.69, 9.17) is 10.4 Å². The summed E-state index contributed by atoms with van der Waals surface area (Å²) in [4.78, 5) is 11.0. The van der Waals surface area contributed by atoms with Gasteiger partial charge in [-0.15, -0.1) is 0 Å². The van der Waals surface area contributed by atoms with Gasteiger partial charge in [0, 0.05) is 0 Å². The van der Waals surface area contributed by atoms with Crippen LogP contribution in [0.5, 0.6) is 0 Å². The van der Waals surface area contributed by atoms with Crippen molar-refractivity contribution in [3.8, 4) is 6.07 Å². The van der Waals surface area contributed by atoms with Crippen molar-refractivity contribution < 1.29 is 17.9 Å². The van der Waals surface area contributed by atoms with Crippen LogP contribution in [0.2, 0.25) is 0 Å². The summed E-state index contributed by atoms with van der Waals surface area (Å²) in [5.41, 5.74) is -0.110. The SMILES string of the molecule is COC(=O)c1ccc(C)c(S(N)(=O)=O)c1C#N. The van der Waals surface area contributed by atoms with E-state index in [0.29, 0.717) is 5.56 Å². The van der Waals surface area contributed by atoms with Crippen LogP contribution in [-0.4, -0.2) is 21.5 Å². The summed E-state index contributed by atoms with van der Waals surface area (Å²) in [6.45, 7) is 1.49. The van der Waals surface area contributed by atoms with Gasteiger partial charge in [-0.05, 0) is 18.6 Å². The van der Waals surface area contributed by atoms with Crippen LogP contribution in [0, 0.1) is 18.3 Å². The van der Waals surface area contributed by atoms with Crippen LogP contribution in [0.15, 0.2) is 17.0 Å². The molecule has 0 saturated heterocycles. The van der Waals surface area contributed by atoms with Crippen molar-refractivity contribution in [1.29, 1.82) is 5.26 Å². The number of carbonyl (C=O) groups is 1. The lowest BCUT2D eigenvalue weighted by atomic mass is 10.1. The van der Waals surface area contributed by atoms with Gasteiger partial charge in [-0.25, -0.2) is 18.4 Å². The molecule has 0 fully saturated rings. The fourth-order valence-electron chi connectivity index (χ4n) is 1.44. The molecule has 7 heteroatoms. The minimum Gasteiger partial charge on any atom is -0.465 e. The molecule has 0 atom stereocenters. The third-order valence-corrected chi connectivity index (χ3v) is 3.25. The highest BCUT2D eigenvalue weighted by molar-refractivity contribution is 7.89. The van der Waals surface area contributed by atoms with Crippen LogP contribution < -0.4 is 5.14 Å². The van der Waals surface area contributed by atoms with Gasteiger partial charge in [0.15, 0.2) is 0 Å². The number of hydrogen-bond acceptors (Lipinski definition) is 5. The predicted molar refractivity (Wildman–Crippen MR) is 58.6 cm³/mol. The van der Waals surface area contributed by atoms with Gasteiger partial charge in [-0.3, -0.25) is 0 Å². The Morgan fingerprint density at radius 3 is 2.47 bits per heavy atom. The number of primary sulfonamides is 1. The number of hydrogen-bond donors (Lipinski definition) is 1. The van der Waals surface area contributed by atoms with E-state index in [2.05, 4.69) is 4.74 Å². The second-order valence-electron chi connectivity index (χ2n) is 3.28. The van der Waals surface area contributed by atoms with Crippen LogP contribution in [0.25, 0.3) is 0 Å². The van der Waals surface area contributed by atoms with Gasteiger partial charge in [0.25, 0.3) is 0 Å². The number of nitrogens with zero attached hydrogens (tertiary/aromatic N) is 1. The highest BCUT2D eigenvalue weighted by Crippen LogP contribution is 2.22. The summed E-state index contributed by atoms with van der Waals surface area (Å²) in [5.74, 6) is -0.786. The first-order valence-electron chi connectivity index (χ1n) is 4.47. The fraction of sp³-hybridized carbons (Fsp3) is 0.200. The largest absolute Gasteiger partial charge is 0.465 e. The first kappa shape index (κ1) is 13.2. The fourth-order valence-corrected chi connectivity index (χ4v) is 2.40. The summed E-state index contributed by atoms with van der Waals surface area (Å²) >= 11 is 0. The van der Waals surface area contributed by atoms with Gasteiger partial charge in [-0.1, -0.05) is 6.07 Å². The molecule has 0 aliphatic carbocycles. The lowest BCUT2D eigenvalue weighted by Gasteiger charge is -2.09. The molecule has 0 aliphatic heterocycles. The van der Waals surface area contributed by atoms with E-state index in [-0.39, 0.29) is 16.0 Å². The molecular weight excluding hydrogens is 244 g/mol. The zero-order valence-electron chi connectivity index (χ0n) is 9.22. The monoisotopic (exact) mass is 254 g/mol. The van der Waals surface area contributed by atoms with E-state index in [1.807, 2.05) is 0 Å². The maximum Gasteiger partial charge on any atom is 0.339 e. The van der Waals surface area contributed by atoms with Crippen molar-refractivity contribution in [3.05, 3.63) is 28.8 Å². The van der Waals surface area contributed by atoms with E-state index >= 15 is 0 Å².